The van der Waals surface area contributed by atoms with Crippen LogP contribution in [0.15, 0.2) is 72.9 Å². The van der Waals surface area contributed by atoms with E-state index in [0.717, 1.165) is 109 Å². The average molecular weight is 842 g/mol. The first kappa shape index (κ1) is 56.7. The molecule has 0 aliphatic heterocycles. The van der Waals surface area contributed by atoms with E-state index in [2.05, 4.69) is 86.8 Å². The molecule has 0 saturated heterocycles. The molecule has 2 atom stereocenters. The third-order valence-electron chi connectivity index (χ3n) is 9.69. The monoisotopic (exact) mass is 842 g/mol. The first-order chi connectivity index (χ1) is 29.1. The van der Waals surface area contributed by atoms with Crippen LogP contribution < -0.4 is 5.11 Å². The Balaban J connectivity index is 4.47. The number of carboxylic acids is 1. The van der Waals surface area contributed by atoms with Crippen molar-refractivity contribution in [3.05, 3.63) is 72.9 Å². The molecule has 0 aliphatic carbocycles. The highest BCUT2D eigenvalue weighted by atomic mass is 16.7. The van der Waals surface area contributed by atoms with Gasteiger partial charge in [-0.3, -0.25) is 9.59 Å². The van der Waals surface area contributed by atoms with E-state index in [1.165, 1.54) is 32.1 Å². The Kier molecular flexibility index (Phi) is 40.1. The topological polar surface area (TPSA) is 111 Å². The fraction of sp³-hybridized carbons (Fsp3) is 0.706. The first-order valence-electron chi connectivity index (χ1n) is 23.6. The van der Waals surface area contributed by atoms with E-state index in [1.54, 1.807) is 0 Å². The number of quaternary nitrogens is 1. The molecule has 9 heteroatoms. The summed E-state index contributed by atoms with van der Waals surface area (Å²) < 4.78 is 22.5. The summed E-state index contributed by atoms with van der Waals surface area (Å²) in [6, 6.07) is 0. The molecule has 2 unspecified atom stereocenters. The second kappa shape index (κ2) is 42.4. The van der Waals surface area contributed by atoms with Gasteiger partial charge in [0.1, 0.15) is 13.2 Å². The van der Waals surface area contributed by atoms with Gasteiger partial charge in [-0.05, 0) is 83.5 Å². The lowest BCUT2D eigenvalue weighted by Gasteiger charge is -2.26. The molecular weight excluding hydrogens is 755 g/mol. The van der Waals surface area contributed by atoms with Gasteiger partial charge in [0.25, 0.3) is 0 Å². The van der Waals surface area contributed by atoms with Crippen LogP contribution in [0.5, 0.6) is 0 Å². The van der Waals surface area contributed by atoms with E-state index in [-0.39, 0.29) is 38.6 Å². The number of carbonyl (C=O) groups excluding carboxylic acids is 3. The van der Waals surface area contributed by atoms with Crippen LogP contribution in [0.1, 0.15) is 174 Å². The molecule has 0 radical (unpaired) electrons. The lowest BCUT2D eigenvalue weighted by atomic mass is 10.1. The van der Waals surface area contributed by atoms with Gasteiger partial charge in [0, 0.05) is 12.8 Å². The molecule has 0 bridgehead atoms. The number of esters is 2. The van der Waals surface area contributed by atoms with Crippen LogP contribution in [-0.4, -0.2) is 82.3 Å². The zero-order valence-corrected chi connectivity index (χ0v) is 38.8. The third-order valence-corrected chi connectivity index (χ3v) is 9.69. The molecule has 0 fully saturated rings. The van der Waals surface area contributed by atoms with E-state index in [9.17, 15) is 19.5 Å². The second-order valence-corrected chi connectivity index (χ2v) is 16.7. The van der Waals surface area contributed by atoms with Gasteiger partial charge in [0.05, 0.1) is 40.3 Å². The summed E-state index contributed by atoms with van der Waals surface area (Å²) in [6.45, 7) is 4.56. The quantitative estimate of drug-likeness (QED) is 0.0196. The number of unbranched alkanes of at least 4 members (excludes halogenated alkanes) is 15. The maximum absolute atomic E-state index is 12.8. The Morgan fingerprint density at radius 3 is 1.42 bits per heavy atom. The average Bonchev–Trinajstić information content (AvgIpc) is 3.21. The van der Waals surface area contributed by atoms with Gasteiger partial charge in [0.2, 0.25) is 0 Å². The van der Waals surface area contributed by atoms with Crippen molar-refractivity contribution in [3.8, 4) is 0 Å². The molecule has 9 nitrogen and oxygen atoms in total. The summed E-state index contributed by atoms with van der Waals surface area (Å²) in [5.41, 5.74) is 0. The molecule has 60 heavy (non-hydrogen) atoms. The molecule has 0 N–H and O–H groups in total. The molecule has 0 saturated carbocycles. The van der Waals surface area contributed by atoms with Gasteiger partial charge in [-0.2, -0.15) is 0 Å². The number of likely N-dealkylation sites (N-methyl/N-ethyl adjacent to an activating group) is 1. The van der Waals surface area contributed by atoms with Gasteiger partial charge in [-0.25, -0.2) is 0 Å². The number of hydrogen-bond donors (Lipinski definition) is 0. The van der Waals surface area contributed by atoms with Crippen LogP contribution in [-0.2, 0) is 33.3 Å². The number of hydrogen-bond acceptors (Lipinski definition) is 8. The minimum Gasteiger partial charge on any atom is -0.545 e. The second-order valence-electron chi connectivity index (χ2n) is 16.7. The van der Waals surface area contributed by atoms with Crippen molar-refractivity contribution in [1.82, 2.24) is 0 Å². The Labute approximate surface area is 367 Å². The van der Waals surface area contributed by atoms with Gasteiger partial charge >= 0.3 is 11.9 Å². The summed E-state index contributed by atoms with van der Waals surface area (Å²) in [7, 11) is 5.89. The van der Waals surface area contributed by atoms with Crippen molar-refractivity contribution in [1.29, 1.82) is 0 Å². The maximum Gasteiger partial charge on any atom is 0.306 e. The number of carboxylic acid groups (broad SMARTS) is 1. The lowest BCUT2D eigenvalue weighted by Crippen LogP contribution is -2.44. The van der Waals surface area contributed by atoms with Crippen LogP contribution >= 0.6 is 0 Å². The fourth-order valence-corrected chi connectivity index (χ4v) is 6.03. The van der Waals surface area contributed by atoms with E-state index in [4.69, 9.17) is 18.9 Å². The van der Waals surface area contributed by atoms with Crippen LogP contribution in [0.4, 0.5) is 0 Å². The largest absolute Gasteiger partial charge is 0.545 e. The molecule has 344 valence electrons. The number of aliphatic carboxylic acids is 1. The predicted molar refractivity (Wildman–Crippen MR) is 246 cm³/mol. The van der Waals surface area contributed by atoms with Crippen LogP contribution in [0.3, 0.4) is 0 Å². The summed E-state index contributed by atoms with van der Waals surface area (Å²) >= 11 is 0. The maximum atomic E-state index is 12.8. The highest BCUT2D eigenvalue weighted by Crippen LogP contribution is 2.13. The smallest absolute Gasteiger partial charge is 0.306 e. The number of nitrogens with zero attached hydrogens (tertiary/aromatic N) is 1. The standard InChI is InChI=1S/C51H87NO8/c1-6-8-10-12-14-16-18-20-22-24-25-26-28-30-32-34-36-38-40-42-49(54)60-47(46-59-51(50(55)56)57-44-43-52(3,4)5)45-58-48(53)41-39-37-35-33-31-29-27-23-21-19-17-15-13-11-9-7-2/h8,10,14,16-17,19-20,22-23,25-27,47,51H,6-7,9,11-13,15,18,21,24,28-46H2,1-5H3/b10-8-,16-14-,19-17-,22-20-,26-25-,27-23-. The molecule has 0 spiro atoms. The molecule has 0 amide bonds. The number of carbonyl (C=O) groups is 3. The summed E-state index contributed by atoms with van der Waals surface area (Å²) in [5.74, 6) is -2.33. The van der Waals surface area contributed by atoms with Gasteiger partial charge in [0.15, 0.2) is 12.4 Å². The van der Waals surface area contributed by atoms with E-state index in [0.29, 0.717) is 17.4 Å². The molecule has 0 aromatic heterocycles. The summed E-state index contributed by atoms with van der Waals surface area (Å²) in [4.78, 5) is 37.0. The van der Waals surface area contributed by atoms with Crippen LogP contribution in [0.25, 0.3) is 0 Å². The normalized spacial score (nSPS) is 13.6. The Morgan fingerprint density at radius 1 is 0.517 bits per heavy atom. The first-order valence-corrected chi connectivity index (χ1v) is 23.6. The van der Waals surface area contributed by atoms with Crippen molar-refractivity contribution >= 4 is 17.9 Å². The van der Waals surface area contributed by atoms with E-state index >= 15 is 0 Å². The Morgan fingerprint density at radius 2 is 0.950 bits per heavy atom. The minimum atomic E-state index is -1.63. The van der Waals surface area contributed by atoms with Crippen molar-refractivity contribution in [2.45, 2.75) is 187 Å². The number of rotatable bonds is 42. The molecule has 0 aromatic carbocycles. The van der Waals surface area contributed by atoms with Crippen LogP contribution in [0, 0.1) is 0 Å². The zero-order chi connectivity index (χ0) is 44.2. The van der Waals surface area contributed by atoms with Gasteiger partial charge < -0.3 is 33.3 Å². The Bertz CT molecular complexity index is 1210. The fourth-order valence-electron chi connectivity index (χ4n) is 6.03. The molecule has 0 aromatic rings. The molecule has 0 rings (SSSR count). The van der Waals surface area contributed by atoms with Gasteiger partial charge in [-0.15, -0.1) is 0 Å². The van der Waals surface area contributed by atoms with E-state index in [1.807, 2.05) is 21.1 Å². The summed E-state index contributed by atoms with van der Waals surface area (Å²) in [5, 5.41) is 11.7. The third kappa shape index (κ3) is 42.8. The highest BCUT2D eigenvalue weighted by molar-refractivity contribution is 5.70. The predicted octanol–water partition coefficient (Wildman–Crippen LogP) is 11.4. The van der Waals surface area contributed by atoms with Crippen molar-refractivity contribution in [2.24, 2.45) is 0 Å². The number of allylic oxidation sites excluding steroid dienone is 12. The lowest BCUT2D eigenvalue weighted by molar-refractivity contribution is -0.870. The van der Waals surface area contributed by atoms with E-state index < -0.39 is 24.3 Å². The Hall–Kier alpha value is -3.27. The molecule has 0 aliphatic rings. The number of ether oxygens (including phenoxy) is 4. The highest BCUT2D eigenvalue weighted by Gasteiger charge is 2.21. The minimum absolute atomic E-state index is 0.139. The SMILES string of the molecule is CC/C=C\C/C=C\C/C=C\C/C=C\CCCCCCCCC(=O)OC(COC(=O)CCCCCCC/C=C\C/C=C\CCCCCC)COC(OCC[N+](C)(C)C)C(=O)[O-]. The van der Waals surface area contributed by atoms with Gasteiger partial charge in [-0.1, -0.05) is 151 Å². The molecular formula is C51H87NO8. The summed E-state index contributed by atoms with van der Waals surface area (Å²) in [6.07, 6.45) is 49.2. The van der Waals surface area contributed by atoms with Crippen molar-refractivity contribution in [3.63, 3.8) is 0 Å². The molecule has 0 heterocycles. The van der Waals surface area contributed by atoms with Crippen molar-refractivity contribution in [2.75, 3.05) is 47.5 Å². The van der Waals surface area contributed by atoms with Crippen LogP contribution in [0.2, 0.25) is 0 Å². The van der Waals surface area contributed by atoms with Crippen molar-refractivity contribution < 1.29 is 42.9 Å². The zero-order valence-electron chi connectivity index (χ0n) is 38.8.